The zero-order chi connectivity index (χ0) is 18.9. The number of carbonyl (C=O) groups excluding carboxylic acids is 2. The van der Waals surface area contributed by atoms with Gasteiger partial charge in [0, 0.05) is 11.4 Å². The molecular weight excluding hydrogens is 324 g/mol. The molecule has 4 nitrogen and oxygen atoms in total. The molecule has 2 amide bonds. The van der Waals surface area contributed by atoms with Gasteiger partial charge in [-0.25, -0.2) is 0 Å². The smallest absolute Gasteiger partial charge is 0.240 e. The Morgan fingerprint density at radius 1 is 0.846 bits per heavy atom. The van der Waals surface area contributed by atoms with E-state index >= 15 is 0 Å². The van der Waals surface area contributed by atoms with Crippen molar-refractivity contribution in [2.45, 2.75) is 46.0 Å². The predicted octanol–water partition coefficient (Wildman–Crippen LogP) is 4.65. The lowest BCUT2D eigenvalue weighted by atomic mass is 9.85. The molecule has 1 aliphatic carbocycles. The minimum Gasteiger partial charge on any atom is -0.325 e. The average Bonchev–Trinajstić information content (AvgIpc) is 3.38. The molecule has 2 aromatic carbocycles. The molecule has 136 valence electrons. The van der Waals surface area contributed by atoms with Crippen LogP contribution in [0.15, 0.2) is 48.5 Å². The van der Waals surface area contributed by atoms with E-state index in [2.05, 4.69) is 31.4 Å². The van der Waals surface area contributed by atoms with Crippen molar-refractivity contribution in [2.75, 3.05) is 10.6 Å². The monoisotopic (exact) mass is 350 g/mol. The van der Waals surface area contributed by atoms with Crippen LogP contribution in [0.4, 0.5) is 11.4 Å². The summed E-state index contributed by atoms with van der Waals surface area (Å²) in [6, 6.07) is 15.4. The van der Waals surface area contributed by atoms with E-state index in [4.69, 9.17) is 0 Å². The lowest BCUT2D eigenvalue weighted by molar-refractivity contribution is -0.131. The number of hydrogen-bond donors (Lipinski definition) is 2. The lowest BCUT2D eigenvalue weighted by Crippen LogP contribution is -2.36. The first-order valence-electron chi connectivity index (χ1n) is 9.02. The van der Waals surface area contributed by atoms with Gasteiger partial charge < -0.3 is 10.6 Å². The summed E-state index contributed by atoms with van der Waals surface area (Å²) >= 11 is 0. The maximum Gasteiger partial charge on any atom is 0.240 e. The predicted molar refractivity (Wildman–Crippen MR) is 105 cm³/mol. The molecule has 0 saturated heterocycles. The molecule has 1 saturated carbocycles. The molecule has 0 radical (unpaired) electrons. The van der Waals surface area contributed by atoms with Crippen LogP contribution in [-0.2, 0) is 15.0 Å². The Morgan fingerprint density at radius 2 is 1.35 bits per heavy atom. The highest BCUT2D eigenvalue weighted by atomic mass is 16.2. The van der Waals surface area contributed by atoms with E-state index in [0.717, 1.165) is 22.5 Å². The van der Waals surface area contributed by atoms with Gasteiger partial charge in [0.2, 0.25) is 11.8 Å². The molecule has 1 fully saturated rings. The van der Waals surface area contributed by atoms with Crippen molar-refractivity contribution >= 4 is 23.2 Å². The van der Waals surface area contributed by atoms with Crippen molar-refractivity contribution in [3.8, 4) is 0 Å². The topological polar surface area (TPSA) is 58.2 Å². The molecule has 0 heterocycles. The van der Waals surface area contributed by atoms with Crippen molar-refractivity contribution < 1.29 is 9.59 Å². The highest BCUT2D eigenvalue weighted by Gasteiger charge is 2.56. The maximum atomic E-state index is 12.9. The fraction of sp³-hybridized carbons (Fsp3) is 0.364. The molecule has 0 spiro atoms. The Hall–Kier alpha value is -2.62. The van der Waals surface area contributed by atoms with Gasteiger partial charge in [-0.05, 0) is 48.4 Å². The number of rotatable bonds is 4. The highest BCUT2D eigenvalue weighted by Crippen LogP contribution is 2.48. The molecule has 0 atom stereocenters. The summed E-state index contributed by atoms with van der Waals surface area (Å²) in [5.41, 5.74) is 2.52. The minimum absolute atomic E-state index is 0.0933. The Labute approximate surface area is 155 Å². The molecular formula is C22H26N2O2. The van der Waals surface area contributed by atoms with Crippen LogP contribution in [0.2, 0.25) is 0 Å². The zero-order valence-corrected chi connectivity index (χ0v) is 15.8. The van der Waals surface area contributed by atoms with E-state index in [1.165, 1.54) is 0 Å². The third-order valence-electron chi connectivity index (χ3n) is 5.00. The van der Waals surface area contributed by atoms with Gasteiger partial charge in [-0.3, -0.25) is 9.59 Å². The fourth-order valence-corrected chi connectivity index (χ4v) is 3.13. The largest absolute Gasteiger partial charge is 0.325 e. The number of anilines is 2. The van der Waals surface area contributed by atoms with Crippen LogP contribution in [-0.4, -0.2) is 11.8 Å². The van der Waals surface area contributed by atoms with Gasteiger partial charge in [0.05, 0.1) is 0 Å². The van der Waals surface area contributed by atoms with Crippen LogP contribution in [0.25, 0.3) is 0 Å². The molecule has 3 rings (SSSR count). The van der Waals surface area contributed by atoms with E-state index in [9.17, 15) is 9.59 Å². The third kappa shape index (κ3) is 3.50. The number of carbonyl (C=O) groups is 2. The van der Waals surface area contributed by atoms with Crippen LogP contribution in [0.5, 0.6) is 0 Å². The van der Waals surface area contributed by atoms with Crippen LogP contribution >= 0.6 is 0 Å². The molecule has 1 aliphatic rings. The van der Waals surface area contributed by atoms with Gasteiger partial charge in [-0.15, -0.1) is 0 Å². The van der Waals surface area contributed by atoms with Crippen molar-refractivity contribution in [2.24, 2.45) is 5.41 Å². The average molecular weight is 350 g/mol. The Bertz CT molecular complexity index is 845. The van der Waals surface area contributed by atoms with Gasteiger partial charge in [0.25, 0.3) is 0 Å². The second-order valence-corrected chi connectivity index (χ2v) is 8.10. The van der Waals surface area contributed by atoms with Crippen molar-refractivity contribution in [3.63, 3.8) is 0 Å². The number of para-hydroxylation sites is 2. The van der Waals surface area contributed by atoms with Crippen molar-refractivity contribution in [3.05, 3.63) is 59.7 Å². The van der Waals surface area contributed by atoms with E-state index < -0.39 is 5.41 Å². The summed E-state index contributed by atoms with van der Waals surface area (Å²) in [7, 11) is 0. The number of hydrogen-bond acceptors (Lipinski definition) is 2. The molecule has 0 unspecified atom stereocenters. The molecule has 0 aliphatic heterocycles. The van der Waals surface area contributed by atoms with E-state index in [0.29, 0.717) is 12.8 Å². The van der Waals surface area contributed by atoms with Gasteiger partial charge >= 0.3 is 0 Å². The number of amides is 2. The summed E-state index contributed by atoms with van der Waals surface area (Å²) < 4.78 is 0. The zero-order valence-electron chi connectivity index (χ0n) is 15.8. The summed E-state index contributed by atoms with van der Waals surface area (Å²) in [4.78, 5) is 25.7. The Kier molecular flexibility index (Phi) is 4.61. The summed E-state index contributed by atoms with van der Waals surface area (Å²) in [6.07, 6.45) is 1.16. The van der Waals surface area contributed by atoms with Crippen LogP contribution < -0.4 is 10.6 Å². The minimum atomic E-state index is -0.965. The van der Waals surface area contributed by atoms with E-state index in [1.54, 1.807) is 0 Å². The fourth-order valence-electron chi connectivity index (χ4n) is 3.13. The van der Waals surface area contributed by atoms with Crippen LogP contribution in [0, 0.1) is 12.3 Å². The third-order valence-corrected chi connectivity index (χ3v) is 5.00. The summed E-state index contributed by atoms with van der Waals surface area (Å²) in [5.74, 6) is -0.446. The first-order chi connectivity index (χ1) is 12.2. The van der Waals surface area contributed by atoms with Gasteiger partial charge in [0.15, 0.2) is 0 Å². The second-order valence-electron chi connectivity index (χ2n) is 8.10. The van der Waals surface area contributed by atoms with Crippen LogP contribution in [0.3, 0.4) is 0 Å². The molecule has 0 bridgehead atoms. The normalized spacial score (nSPS) is 15.2. The highest BCUT2D eigenvalue weighted by molar-refractivity contribution is 6.17. The number of nitrogens with one attached hydrogen (secondary N) is 2. The van der Waals surface area contributed by atoms with Gasteiger partial charge in [0.1, 0.15) is 5.41 Å². The SMILES string of the molecule is Cc1ccccc1NC(=O)C1(C(=O)Nc2ccccc2C(C)(C)C)CC1. The molecule has 2 aromatic rings. The Morgan fingerprint density at radius 3 is 1.88 bits per heavy atom. The molecule has 0 aromatic heterocycles. The van der Waals surface area contributed by atoms with Crippen molar-refractivity contribution in [1.29, 1.82) is 0 Å². The number of aryl methyl sites for hydroxylation is 1. The molecule has 4 heteroatoms. The van der Waals surface area contributed by atoms with Crippen LogP contribution in [0.1, 0.15) is 44.7 Å². The van der Waals surface area contributed by atoms with Crippen molar-refractivity contribution in [1.82, 2.24) is 0 Å². The van der Waals surface area contributed by atoms with Gasteiger partial charge in [-0.1, -0.05) is 57.2 Å². The summed E-state index contributed by atoms with van der Waals surface area (Å²) in [5, 5.41) is 5.93. The molecule has 26 heavy (non-hydrogen) atoms. The maximum absolute atomic E-state index is 12.9. The standard InChI is InChI=1S/C22H26N2O2/c1-15-9-5-7-11-17(15)23-19(25)22(13-14-22)20(26)24-18-12-8-6-10-16(18)21(2,3)4/h5-12H,13-14H2,1-4H3,(H,23,25)(H,24,26). The quantitative estimate of drug-likeness (QED) is 0.789. The van der Waals surface area contributed by atoms with Gasteiger partial charge in [-0.2, -0.15) is 0 Å². The van der Waals surface area contributed by atoms with E-state index in [1.807, 2.05) is 55.5 Å². The first-order valence-corrected chi connectivity index (χ1v) is 9.02. The summed E-state index contributed by atoms with van der Waals surface area (Å²) in [6.45, 7) is 8.26. The lowest BCUT2D eigenvalue weighted by Gasteiger charge is -2.24. The Balaban J connectivity index is 1.78. The molecule has 2 N–H and O–H groups in total. The second kappa shape index (κ2) is 6.60. The number of benzene rings is 2. The van der Waals surface area contributed by atoms with E-state index in [-0.39, 0.29) is 17.2 Å². The first kappa shape index (κ1) is 18.2.